The Morgan fingerprint density at radius 3 is 2.88 bits per heavy atom. The Bertz CT molecular complexity index is 367. The van der Waals surface area contributed by atoms with Crippen LogP contribution in [0.4, 0.5) is 4.79 Å². The Kier molecular flexibility index (Phi) is 6.21. The lowest BCUT2D eigenvalue weighted by atomic mass is 10.2. The third kappa shape index (κ3) is 4.87. The second-order valence-electron chi connectivity index (χ2n) is 3.38. The van der Waals surface area contributed by atoms with E-state index >= 15 is 0 Å². The average Bonchev–Trinajstić information content (AvgIpc) is 2.86. The van der Waals surface area contributed by atoms with Crippen LogP contribution in [0.1, 0.15) is 16.1 Å². The van der Waals surface area contributed by atoms with E-state index < -0.39 is 6.09 Å². The highest BCUT2D eigenvalue weighted by atomic mass is 79.9. The molecule has 94 valence electrons. The van der Waals surface area contributed by atoms with E-state index in [0.717, 1.165) is 4.88 Å². The van der Waals surface area contributed by atoms with Crippen LogP contribution >= 0.6 is 27.3 Å². The molecule has 1 amide bonds. The first kappa shape index (κ1) is 14.2. The molecule has 4 nitrogen and oxygen atoms in total. The number of alkyl halides is 1. The fourth-order valence-electron chi connectivity index (χ4n) is 1.16. The van der Waals surface area contributed by atoms with Gasteiger partial charge in [0.25, 0.3) is 0 Å². The molecule has 1 aromatic rings. The van der Waals surface area contributed by atoms with Crippen LogP contribution in [0, 0.1) is 0 Å². The maximum Gasteiger partial charge on any atom is 0.409 e. The molecule has 0 bridgehead atoms. The van der Waals surface area contributed by atoms with E-state index in [0.29, 0.717) is 24.9 Å². The van der Waals surface area contributed by atoms with Crippen LogP contribution in [0.3, 0.4) is 0 Å². The number of hydrogen-bond acceptors (Lipinski definition) is 4. The number of carbonyl (C=O) groups is 2. The molecule has 17 heavy (non-hydrogen) atoms. The summed E-state index contributed by atoms with van der Waals surface area (Å²) in [6, 6.07) is 3.63. The standard InChI is InChI=1S/C11H14BrNO3S/c1-13(11(15)16-7-5-12)6-4-9(14)10-3-2-8-17-10/h2-3,8H,4-7H2,1H3. The molecule has 1 heterocycles. The van der Waals surface area contributed by atoms with Gasteiger partial charge >= 0.3 is 6.09 Å². The van der Waals surface area contributed by atoms with Gasteiger partial charge in [0.15, 0.2) is 5.78 Å². The quantitative estimate of drug-likeness (QED) is 0.598. The minimum absolute atomic E-state index is 0.0557. The smallest absolute Gasteiger partial charge is 0.409 e. The zero-order valence-electron chi connectivity index (χ0n) is 9.52. The summed E-state index contributed by atoms with van der Waals surface area (Å²) in [4.78, 5) is 25.2. The molecule has 0 aliphatic rings. The third-order valence-corrected chi connectivity index (χ3v) is 3.32. The number of halogens is 1. The molecule has 0 saturated heterocycles. The topological polar surface area (TPSA) is 46.6 Å². The fraction of sp³-hybridized carbons (Fsp3) is 0.455. The van der Waals surface area contributed by atoms with E-state index in [4.69, 9.17) is 4.74 Å². The van der Waals surface area contributed by atoms with Crippen LogP contribution in [0.5, 0.6) is 0 Å². The lowest BCUT2D eigenvalue weighted by Crippen LogP contribution is -2.30. The molecule has 1 aromatic heterocycles. The number of amides is 1. The second kappa shape index (κ2) is 7.45. The summed E-state index contributed by atoms with van der Waals surface area (Å²) >= 11 is 4.58. The van der Waals surface area contributed by atoms with Crippen LogP contribution in [-0.2, 0) is 4.74 Å². The lowest BCUT2D eigenvalue weighted by molar-refractivity contribution is 0.0952. The van der Waals surface area contributed by atoms with Crippen LogP contribution in [-0.4, -0.2) is 42.3 Å². The van der Waals surface area contributed by atoms with Crippen molar-refractivity contribution >= 4 is 39.1 Å². The Morgan fingerprint density at radius 2 is 2.29 bits per heavy atom. The highest BCUT2D eigenvalue weighted by Gasteiger charge is 2.13. The van der Waals surface area contributed by atoms with Gasteiger partial charge in [0.2, 0.25) is 0 Å². The van der Waals surface area contributed by atoms with Crippen molar-refractivity contribution in [1.82, 2.24) is 4.90 Å². The summed E-state index contributed by atoms with van der Waals surface area (Å²) in [6.07, 6.45) is -0.0797. The first-order valence-electron chi connectivity index (χ1n) is 5.15. The first-order chi connectivity index (χ1) is 8.15. The highest BCUT2D eigenvalue weighted by Crippen LogP contribution is 2.11. The summed E-state index contributed by atoms with van der Waals surface area (Å²) in [5.41, 5.74) is 0. The Balaban J connectivity index is 2.30. The van der Waals surface area contributed by atoms with Crippen molar-refractivity contribution < 1.29 is 14.3 Å². The zero-order chi connectivity index (χ0) is 12.7. The maximum absolute atomic E-state index is 11.7. The number of hydrogen-bond donors (Lipinski definition) is 0. The first-order valence-corrected chi connectivity index (χ1v) is 7.16. The summed E-state index contributed by atoms with van der Waals surface area (Å²) < 4.78 is 4.91. The number of ketones is 1. The molecule has 0 atom stereocenters. The van der Waals surface area contributed by atoms with Gasteiger partial charge in [-0.2, -0.15) is 0 Å². The molecule has 0 aliphatic carbocycles. The molecule has 0 aliphatic heterocycles. The number of ether oxygens (including phenoxy) is 1. The van der Waals surface area contributed by atoms with Crippen molar-refractivity contribution in [3.63, 3.8) is 0 Å². The fourth-order valence-corrected chi connectivity index (χ4v) is 2.01. The van der Waals surface area contributed by atoms with Gasteiger partial charge in [-0.3, -0.25) is 4.79 Å². The van der Waals surface area contributed by atoms with Gasteiger partial charge in [0.05, 0.1) is 4.88 Å². The van der Waals surface area contributed by atoms with Gasteiger partial charge in [0.1, 0.15) is 6.61 Å². The Hall–Kier alpha value is -0.880. The van der Waals surface area contributed by atoms with Crippen molar-refractivity contribution in [1.29, 1.82) is 0 Å². The van der Waals surface area contributed by atoms with Crippen molar-refractivity contribution in [3.8, 4) is 0 Å². The van der Waals surface area contributed by atoms with Gasteiger partial charge < -0.3 is 9.64 Å². The summed E-state index contributed by atoms with van der Waals surface area (Å²) in [5, 5.41) is 2.47. The minimum Gasteiger partial charge on any atom is -0.449 e. The molecule has 0 N–H and O–H groups in total. The predicted molar refractivity (Wildman–Crippen MR) is 71.0 cm³/mol. The molecule has 0 radical (unpaired) electrons. The summed E-state index contributed by atoms with van der Waals surface area (Å²) in [6.45, 7) is 0.708. The van der Waals surface area contributed by atoms with Crippen molar-refractivity contribution in [3.05, 3.63) is 22.4 Å². The normalized spacial score (nSPS) is 10.0. The minimum atomic E-state index is -0.400. The molecular weight excluding hydrogens is 306 g/mol. The molecule has 0 fully saturated rings. The summed E-state index contributed by atoms with van der Waals surface area (Å²) in [7, 11) is 1.62. The third-order valence-electron chi connectivity index (χ3n) is 2.08. The predicted octanol–water partition coefficient (Wildman–Crippen LogP) is 2.78. The number of rotatable bonds is 6. The Morgan fingerprint density at radius 1 is 1.53 bits per heavy atom. The van der Waals surface area contributed by atoms with Gasteiger partial charge in [0, 0.05) is 25.3 Å². The monoisotopic (exact) mass is 319 g/mol. The van der Waals surface area contributed by atoms with E-state index in [-0.39, 0.29) is 5.78 Å². The molecular formula is C11H14BrNO3S. The number of thiophene rings is 1. The van der Waals surface area contributed by atoms with E-state index in [9.17, 15) is 9.59 Å². The van der Waals surface area contributed by atoms with Crippen LogP contribution in [0.2, 0.25) is 0 Å². The number of carbonyl (C=O) groups excluding carboxylic acids is 2. The van der Waals surface area contributed by atoms with Gasteiger partial charge in [-0.25, -0.2) is 4.79 Å². The van der Waals surface area contributed by atoms with Gasteiger partial charge in [-0.05, 0) is 11.4 Å². The van der Waals surface area contributed by atoms with Gasteiger partial charge in [-0.1, -0.05) is 22.0 Å². The van der Waals surface area contributed by atoms with Crippen molar-refractivity contribution in [2.24, 2.45) is 0 Å². The molecule has 0 spiro atoms. The lowest BCUT2D eigenvalue weighted by Gasteiger charge is -2.15. The van der Waals surface area contributed by atoms with Crippen molar-refractivity contribution in [2.75, 3.05) is 25.5 Å². The van der Waals surface area contributed by atoms with E-state index in [1.54, 1.807) is 13.1 Å². The van der Waals surface area contributed by atoms with Crippen LogP contribution in [0.15, 0.2) is 17.5 Å². The van der Waals surface area contributed by atoms with Crippen LogP contribution < -0.4 is 0 Å². The van der Waals surface area contributed by atoms with Gasteiger partial charge in [-0.15, -0.1) is 11.3 Å². The number of nitrogens with zero attached hydrogens (tertiary/aromatic N) is 1. The zero-order valence-corrected chi connectivity index (χ0v) is 11.9. The van der Waals surface area contributed by atoms with E-state index in [1.165, 1.54) is 16.2 Å². The van der Waals surface area contributed by atoms with Crippen molar-refractivity contribution in [2.45, 2.75) is 6.42 Å². The molecule has 6 heteroatoms. The maximum atomic E-state index is 11.7. The SMILES string of the molecule is CN(CCC(=O)c1cccs1)C(=O)OCCBr. The molecule has 0 aromatic carbocycles. The van der Waals surface area contributed by atoms with E-state index in [1.807, 2.05) is 11.4 Å². The van der Waals surface area contributed by atoms with Crippen LogP contribution in [0.25, 0.3) is 0 Å². The number of Topliss-reactive ketones (excluding diaryl/α,β-unsaturated/α-hetero) is 1. The largest absolute Gasteiger partial charge is 0.449 e. The molecule has 0 unspecified atom stereocenters. The average molecular weight is 320 g/mol. The van der Waals surface area contributed by atoms with E-state index in [2.05, 4.69) is 15.9 Å². The highest BCUT2D eigenvalue weighted by molar-refractivity contribution is 9.09. The summed E-state index contributed by atoms with van der Waals surface area (Å²) in [5.74, 6) is 0.0557. The molecule has 0 saturated carbocycles. The Labute approximate surface area is 113 Å². The second-order valence-corrected chi connectivity index (χ2v) is 5.12. The molecule has 1 rings (SSSR count).